The van der Waals surface area contributed by atoms with Crippen LogP contribution < -0.4 is 5.32 Å². The Bertz CT molecular complexity index is 947. The number of rotatable bonds is 3. The minimum Gasteiger partial charge on any atom is -0.352 e. The average Bonchev–Trinajstić information content (AvgIpc) is 3.05. The van der Waals surface area contributed by atoms with Crippen LogP contribution in [0.5, 0.6) is 0 Å². The molecule has 146 valence electrons. The van der Waals surface area contributed by atoms with E-state index in [-0.39, 0.29) is 5.75 Å². The summed E-state index contributed by atoms with van der Waals surface area (Å²) in [6.45, 7) is 6.96. The predicted octanol–water partition coefficient (Wildman–Crippen LogP) is 1.77. The van der Waals surface area contributed by atoms with E-state index in [0.717, 1.165) is 16.9 Å². The first-order valence-electron chi connectivity index (χ1n) is 9.02. The van der Waals surface area contributed by atoms with E-state index in [1.54, 1.807) is 20.9 Å². The van der Waals surface area contributed by atoms with Crippen LogP contribution in [0.25, 0.3) is 5.69 Å². The quantitative estimate of drug-likeness (QED) is 0.639. The number of aryl methyl sites for hydroxylation is 1. The lowest BCUT2D eigenvalue weighted by Gasteiger charge is -2.39. The van der Waals surface area contributed by atoms with Crippen molar-refractivity contribution in [3.63, 3.8) is 0 Å². The Morgan fingerprint density at radius 1 is 1.30 bits per heavy atom. The van der Waals surface area contributed by atoms with Crippen LogP contribution in [0, 0.1) is 6.92 Å². The maximum absolute atomic E-state index is 12.2. The Hall–Kier alpha value is -2.35. The van der Waals surface area contributed by atoms with Gasteiger partial charge in [-0.1, -0.05) is 18.2 Å². The summed E-state index contributed by atoms with van der Waals surface area (Å²) in [6.07, 6.45) is 1.95. The van der Waals surface area contributed by atoms with E-state index >= 15 is 0 Å². The molecule has 1 aromatic heterocycles. The first-order valence-corrected chi connectivity index (χ1v) is 10.7. The molecule has 1 saturated heterocycles. The molecule has 0 aliphatic carbocycles. The van der Waals surface area contributed by atoms with Gasteiger partial charge in [-0.3, -0.25) is 4.99 Å². The minimum atomic E-state index is -3.08. The van der Waals surface area contributed by atoms with Crippen molar-refractivity contribution in [2.75, 3.05) is 25.9 Å². The summed E-state index contributed by atoms with van der Waals surface area (Å²) in [6, 6.07) is 10.0. The number of nitrogens with one attached hydrogen (secondary N) is 1. The van der Waals surface area contributed by atoms with Gasteiger partial charge in [-0.15, -0.1) is 0 Å². The maximum Gasteiger partial charge on any atom is 0.193 e. The smallest absolute Gasteiger partial charge is 0.193 e. The fourth-order valence-corrected chi connectivity index (χ4v) is 4.63. The Labute approximate surface area is 161 Å². The highest BCUT2D eigenvalue weighted by Crippen LogP contribution is 2.24. The highest BCUT2D eigenvalue weighted by atomic mass is 32.2. The molecule has 27 heavy (non-hydrogen) atoms. The molecule has 0 saturated carbocycles. The molecule has 7 nitrogen and oxygen atoms in total. The summed E-state index contributed by atoms with van der Waals surface area (Å²) in [5, 5.41) is 7.87. The van der Waals surface area contributed by atoms with Crippen LogP contribution in [-0.2, 0) is 16.4 Å². The van der Waals surface area contributed by atoms with Gasteiger partial charge < -0.3 is 10.2 Å². The van der Waals surface area contributed by atoms with E-state index in [1.165, 1.54) is 0 Å². The Kier molecular flexibility index (Phi) is 5.28. The lowest BCUT2D eigenvalue weighted by atomic mass is 10.1. The number of benzene rings is 1. The van der Waals surface area contributed by atoms with Gasteiger partial charge in [-0.25, -0.2) is 13.1 Å². The molecule has 0 unspecified atom stereocenters. The molecule has 0 atom stereocenters. The number of aliphatic imine (C=N–C) groups is 1. The molecule has 3 rings (SSSR count). The van der Waals surface area contributed by atoms with Crippen molar-refractivity contribution < 1.29 is 8.42 Å². The van der Waals surface area contributed by atoms with Crippen LogP contribution in [0.2, 0.25) is 0 Å². The van der Waals surface area contributed by atoms with Crippen molar-refractivity contribution in [2.24, 2.45) is 4.99 Å². The Balaban J connectivity index is 1.75. The largest absolute Gasteiger partial charge is 0.352 e. The summed E-state index contributed by atoms with van der Waals surface area (Å²) >= 11 is 0. The third-order valence-corrected chi connectivity index (χ3v) is 7.49. The highest BCUT2D eigenvalue weighted by molar-refractivity contribution is 7.92. The third-order valence-electron chi connectivity index (χ3n) is 4.95. The van der Waals surface area contributed by atoms with Gasteiger partial charge in [0.1, 0.15) is 0 Å². The Morgan fingerprint density at radius 3 is 2.67 bits per heavy atom. The van der Waals surface area contributed by atoms with Gasteiger partial charge in [0.2, 0.25) is 0 Å². The van der Waals surface area contributed by atoms with Crippen molar-refractivity contribution in [2.45, 2.75) is 32.1 Å². The number of aromatic nitrogens is 2. The molecule has 1 fully saturated rings. The normalized spacial score (nSPS) is 19.1. The molecule has 1 N–H and O–H groups in total. The molecule has 1 aromatic carbocycles. The van der Waals surface area contributed by atoms with Gasteiger partial charge in [-0.05, 0) is 38.5 Å². The molecular formula is C19H27N5O2S. The van der Waals surface area contributed by atoms with E-state index in [1.807, 2.05) is 47.0 Å². The van der Waals surface area contributed by atoms with Gasteiger partial charge in [-0.2, -0.15) is 5.10 Å². The number of hydrogen-bond donors (Lipinski definition) is 1. The molecule has 8 heteroatoms. The van der Waals surface area contributed by atoms with E-state index in [9.17, 15) is 8.42 Å². The molecule has 0 spiro atoms. The summed E-state index contributed by atoms with van der Waals surface area (Å²) in [5.74, 6) is 0.855. The minimum absolute atomic E-state index is 0.143. The predicted molar refractivity (Wildman–Crippen MR) is 108 cm³/mol. The third kappa shape index (κ3) is 4.00. The summed E-state index contributed by atoms with van der Waals surface area (Å²) in [7, 11) is -1.36. The van der Waals surface area contributed by atoms with Crippen LogP contribution in [0.4, 0.5) is 0 Å². The second-order valence-corrected chi connectivity index (χ2v) is 10.2. The van der Waals surface area contributed by atoms with Crippen LogP contribution in [0.3, 0.4) is 0 Å². The monoisotopic (exact) mass is 389 g/mol. The standard InChI is InChI=1S/C19H27N5O2S/c1-15-9-10-24(22-15)17-8-6-5-7-16(17)13-21-18(20-4)23-11-12-27(25,26)19(2,3)14-23/h5-10H,11-14H2,1-4H3,(H,20,21). The summed E-state index contributed by atoms with van der Waals surface area (Å²) < 4.78 is 25.6. The molecule has 1 aliphatic heterocycles. The number of hydrogen-bond acceptors (Lipinski definition) is 4. The molecule has 2 heterocycles. The topological polar surface area (TPSA) is 79.6 Å². The van der Waals surface area contributed by atoms with Gasteiger partial charge >= 0.3 is 0 Å². The Morgan fingerprint density at radius 2 is 2.04 bits per heavy atom. The first kappa shape index (κ1) is 19.4. The van der Waals surface area contributed by atoms with E-state index in [2.05, 4.69) is 21.5 Å². The first-order chi connectivity index (χ1) is 12.7. The van der Waals surface area contributed by atoms with Gasteiger partial charge in [0.15, 0.2) is 15.8 Å². The van der Waals surface area contributed by atoms with Crippen molar-refractivity contribution in [3.8, 4) is 5.69 Å². The van der Waals surface area contributed by atoms with Crippen molar-refractivity contribution in [3.05, 3.63) is 47.8 Å². The maximum atomic E-state index is 12.2. The summed E-state index contributed by atoms with van der Waals surface area (Å²) in [5.41, 5.74) is 3.06. The summed E-state index contributed by atoms with van der Waals surface area (Å²) in [4.78, 5) is 6.38. The van der Waals surface area contributed by atoms with Crippen molar-refractivity contribution in [1.29, 1.82) is 0 Å². The highest BCUT2D eigenvalue weighted by Gasteiger charge is 2.40. The lowest BCUT2D eigenvalue weighted by molar-refractivity contribution is 0.353. The molecule has 0 amide bonds. The van der Waals surface area contributed by atoms with Crippen molar-refractivity contribution >= 4 is 15.8 Å². The van der Waals surface area contributed by atoms with Gasteiger partial charge in [0.25, 0.3) is 0 Å². The van der Waals surface area contributed by atoms with Crippen LogP contribution in [0.1, 0.15) is 25.1 Å². The zero-order valence-corrected chi connectivity index (χ0v) is 17.1. The zero-order chi connectivity index (χ0) is 19.7. The van der Waals surface area contributed by atoms with Crippen LogP contribution in [-0.4, -0.2) is 59.7 Å². The second-order valence-electron chi connectivity index (χ2n) is 7.43. The van der Waals surface area contributed by atoms with Crippen LogP contribution in [0.15, 0.2) is 41.5 Å². The number of guanidine groups is 1. The van der Waals surface area contributed by atoms with E-state index < -0.39 is 14.6 Å². The SMILES string of the molecule is CN=C(NCc1ccccc1-n1ccc(C)n1)N1CCS(=O)(=O)C(C)(C)C1. The zero-order valence-electron chi connectivity index (χ0n) is 16.3. The van der Waals surface area contributed by atoms with E-state index in [4.69, 9.17) is 0 Å². The molecule has 1 aliphatic rings. The number of sulfone groups is 1. The molecule has 2 aromatic rings. The molecule has 0 radical (unpaired) electrons. The van der Waals surface area contributed by atoms with E-state index in [0.29, 0.717) is 25.6 Å². The van der Waals surface area contributed by atoms with Gasteiger partial charge in [0, 0.05) is 32.9 Å². The average molecular weight is 390 g/mol. The fraction of sp³-hybridized carbons (Fsp3) is 0.474. The molecular weight excluding hydrogens is 362 g/mol. The number of nitrogens with zero attached hydrogens (tertiary/aromatic N) is 4. The fourth-order valence-electron chi connectivity index (χ4n) is 3.26. The van der Waals surface area contributed by atoms with Crippen LogP contribution >= 0.6 is 0 Å². The van der Waals surface area contributed by atoms with Crippen molar-refractivity contribution in [1.82, 2.24) is 20.0 Å². The van der Waals surface area contributed by atoms with Gasteiger partial charge in [0.05, 0.1) is 21.9 Å². The number of para-hydroxylation sites is 1. The molecule has 0 bridgehead atoms. The second kappa shape index (κ2) is 7.34. The lowest BCUT2D eigenvalue weighted by Crippen LogP contribution is -2.57.